The van der Waals surface area contributed by atoms with Crippen LogP contribution in [0.25, 0.3) is 0 Å². The molecule has 1 N–H and O–H groups in total. The number of aromatic nitrogens is 1. The van der Waals surface area contributed by atoms with Crippen LogP contribution in [0.4, 0.5) is 10.6 Å². The third-order valence-corrected chi connectivity index (χ3v) is 2.65. The van der Waals surface area contributed by atoms with Crippen LogP contribution in [0.1, 0.15) is 52.9 Å². The van der Waals surface area contributed by atoms with Crippen LogP contribution in [-0.4, -0.2) is 21.9 Å². The molecule has 0 aliphatic carbocycles. The van der Waals surface area contributed by atoms with Crippen molar-refractivity contribution in [2.75, 3.05) is 4.90 Å². The summed E-state index contributed by atoms with van der Waals surface area (Å²) in [5, 5.41) is 13.3. The Hall–Kier alpha value is -1.52. The van der Waals surface area contributed by atoms with Gasteiger partial charge in [0.1, 0.15) is 5.76 Å². The first-order chi connectivity index (χ1) is 7.96. The summed E-state index contributed by atoms with van der Waals surface area (Å²) in [7, 11) is 0. The molecule has 1 heterocycles. The smallest absolute Gasteiger partial charge is 0.413 e. The molecule has 1 amide bonds. The number of carboxylic acid groups (broad SMARTS) is 1. The molecule has 0 radical (unpaired) electrons. The quantitative estimate of drug-likeness (QED) is 0.832. The zero-order valence-electron chi connectivity index (χ0n) is 12.2. The van der Waals surface area contributed by atoms with Crippen molar-refractivity contribution in [2.45, 2.75) is 59.4 Å². The number of rotatable bonds is 1. The Bertz CT molecular complexity index is 450. The normalized spacial score (nSPS) is 12.6. The lowest BCUT2D eigenvalue weighted by Crippen LogP contribution is -2.45. The van der Waals surface area contributed by atoms with Gasteiger partial charge in [0, 0.05) is 16.5 Å². The minimum Gasteiger partial charge on any atom is -0.465 e. The third-order valence-electron chi connectivity index (χ3n) is 2.65. The van der Waals surface area contributed by atoms with Crippen molar-refractivity contribution in [1.29, 1.82) is 0 Å². The van der Waals surface area contributed by atoms with Crippen molar-refractivity contribution < 1.29 is 14.4 Å². The number of hydrogen-bond acceptors (Lipinski definition) is 3. The van der Waals surface area contributed by atoms with Gasteiger partial charge < -0.3 is 9.63 Å². The van der Waals surface area contributed by atoms with E-state index in [0.717, 1.165) is 5.56 Å². The highest BCUT2D eigenvalue weighted by atomic mass is 16.5. The molecule has 0 spiro atoms. The van der Waals surface area contributed by atoms with E-state index >= 15 is 0 Å². The number of amides is 1. The van der Waals surface area contributed by atoms with Crippen LogP contribution in [0.2, 0.25) is 0 Å². The predicted molar refractivity (Wildman–Crippen MR) is 70.2 cm³/mol. The highest BCUT2D eigenvalue weighted by Crippen LogP contribution is 2.34. The summed E-state index contributed by atoms with van der Waals surface area (Å²) in [5.41, 5.74) is 0.0137. The Morgan fingerprint density at radius 3 is 2.00 bits per heavy atom. The van der Waals surface area contributed by atoms with Crippen LogP contribution < -0.4 is 4.90 Å². The van der Waals surface area contributed by atoms with Gasteiger partial charge in [-0.1, -0.05) is 25.9 Å². The van der Waals surface area contributed by atoms with Crippen LogP contribution in [0, 0.1) is 6.92 Å². The predicted octanol–water partition coefficient (Wildman–Crippen LogP) is 3.56. The second-order valence-electron chi connectivity index (χ2n) is 6.50. The molecule has 0 fully saturated rings. The molecule has 0 saturated carbocycles. The average molecular weight is 254 g/mol. The summed E-state index contributed by atoms with van der Waals surface area (Å²) in [4.78, 5) is 12.6. The molecule has 102 valence electrons. The summed E-state index contributed by atoms with van der Waals surface area (Å²) in [6.45, 7) is 13.3. The maximum atomic E-state index is 11.4. The monoisotopic (exact) mass is 254 g/mol. The summed E-state index contributed by atoms with van der Waals surface area (Å²) in [6, 6.07) is 0. The van der Waals surface area contributed by atoms with Gasteiger partial charge in [0.05, 0.1) is 0 Å². The van der Waals surface area contributed by atoms with Crippen LogP contribution in [0.15, 0.2) is 4.52 Å². The molecule has 0 aliphatic heterocycles. The lowest BCUT2D eigenvalue weighted by atomic mass is 9.90. The average Bonchev–Trinajstić information content (AvgIpc) is 2.44. The van der Waals surface area contributed by atoms with Crippen molar-refractivity contribution in [3.8, 4) is 0 Å². The minimum atomic E-state index is -1.03. The van der Waals surface area contributed by atoms with Crippen molar-refractivity contribution in [3.63, 3.8) is 0 Å². The summed E-state index contributed by atoms with van der Waals surface area (Å²) in [6.07, 6.45) is -1.03. The molecule has 0 saturated heterocycles. The molecule has 0 aromatic carbocycles. The van der Waals surface area contributed by atoms with Gasteiger partial charge in [-0.15, -0.1) is 0 Å². The zero-order valence-corrected chi connectivity index (χ0v) is 12.2. The Morgan fingerprint density at radius 1 is 1.22 bits per heavy atom. The van der Waals surface area contributed by atoms with Gasteiger partial charge in [0.25, 0.3) is 0 Å². The molecular formula is C13H22N2O3. The fraction of sp³-hybridized carbons (Fsp3) is 0.692. The van der Waals surface area contributed by atoms with Gasteiger partial charge in [0.2, 0.25) is 0 Å². The lowest BCUT2D eigenvalue weighted by Gasteiger charge is -2.31. The van der Waals surface area contributed by atoms with Crippen molar-refractivity contribution in [3.05, 3.63) is 11.3 Å². The van der Waals surface area contributed by atoms with Crippen molar-refractivity contribution in [2.24, 2.45) is 0 Å². The Morgan fingerprint density at radius 2 is 1.72 bits per heavy atom. The summed E-state index contributed by atoms with van der Waals surface area (Å²) >= 11 is 0. The molecular weight excluding hydrogens is 232 g/mol. The van der Waals surface area contributed by atoms with Crippen molar-refractivity contribution in [1.82, 2.24) is 5.16 Å². The van der Waals surface area contributed by atoms with Crippen LogP contribution in [0.3, 0.4) is 0 Å². The minimum absolute atomic E-state index is 0.197. The maximum absolute atomic E-state index is 11.4. The SMILES string of the molecule is Cc1c(N(C(=O)O)C(C)(C)C)noc1C(C)(C)C. The second kappa shape index (κ2) is 4.30. The molecule has 0 aliphatic rings. The van der Waals surface area contributed by atoms with Crippen LogP contribution in [0.5, 0.6) is 0 Å². The Kier molecular flexibility index (Phi) is 3.47. The van der Waals surface area contributed by atoms with E-state index in [2.05, 4.69) is 5.16 Å². The van der Waals surface area contributed by atoms with Gasteiger partial charge in [-0.3, -0.25) is 4.90 Å². The van der Waals surface area contributed by atoms with E-state index in [9.17, 15) is 9.90 Å². The molecule has 0 atom stereocenters. The molecule has 1 aromatic heterocycles. The molecule has 0 bridgehead atoms. The molecule has 5 nitrogen and oxygen atoms in total. The third kappa shape index (κ3) is 2.66. The Balaban J connectivity index is 3.33. The van der Waals surface area contributed by atoms with E-state index in [1.54, 1.807) is 0 Å². The van der Waals surface area contributed by atoms with E-state index in [0.29, 0.717) is 11.6 Å². The highest BCUT2D eigenvalue weighted by Gasteiger charge is 2.34. The maximum Gasteiger partial charge on any atom is 0.413 e. The first-order valence-corrected chi connectivity index (χ1v) is 5.96. The van der Waals surface area contributed by atoms with E-state index in [-0.39, 0.29) is 5.41 Å². The van der Waals surface area contributed by atoms with Gasteiger partial charge in [-0.2, -0.15) is 0 Å². The fourth-order valence-corrected chi connectivity index (χ4v) is 1.93. The lowest BCUT2D eigenvalue weighted by molar-refractivity contribution is 0.195. The zero-order chi connectivity index (χ0) is 14.3. The first-order valence-electron chi connectivity index (χ1n) is 5.96. The van der Waals surface area contributed by atoms with Crippen LogP contribution in [-0.2, 0) is 5.41 Å². The van der Waals surface area contributed by atoms with Gasteiger partial charge in [-0.25, -0.2) is 4.79 Å². The molecule has 18 heavy (non-hydrogen) atoms. The number of anilines is 1. The van der Waals surface area contributed by atoms with E-state index < -0.39 is 11.6 Å². The first kappa shape index (κ1) is 14.5. The van der Waals surface area contributed by atoms with E-state index in [4.69, 9.17) is 4.52 Å². The van der Waals surface area contributed by atoms with E-state index in [1.165, 1.54) is 4.90 Å². The van der Waals surface area contributed by atoms with E-state index in [1.807, 2.05) is 48.5 Å². The molecule has 1 aromatic rings. The van der Waals surface area contributed by atoms with Crippen molar-refractivity contribution >= 4 is 11.9 Å². The topological polar surface area (TPSA) is 66.6 Å². The van der Waals surface area contributed by atoms with Gasteiger partial charge in [-0.05, 0) is 27.7 Å². The second-order valence-corrected chi connectivity index (χ2v) is 6.50. The Labute approximate surface area is 108 Å². The molecule has 1 rings (SSSR count). The standard InChI is InChI=1S/C13H22N2O3/c1-8-9(12(2,3)4)18-14-10(8)15(11(16)17)13(5,6)7/h1-7H3,(H,16,17). The molecule has 0 unspecified atom stereocenters. The number of nitrogens with zero attached hydrogens (tertiary/aromatic N) is 2. The highest BCUT2D eigenvalue weighted by molar-refractivity contribution is 5.87. The van der Waals surface area contributed by atoms with Gasteiger partial charge >= 0.3 is 6.09 Å². The fourth-order valence-electron chi connectivity index (χ4n) is 1.93. The summed E-state index contributed by atoms with van der Waals surface area (Å²) < 4.78 is 5.33. The number of hydrogen-bond donors (Lipinski definition) is 1. The number of carbonyl (C=O) groups is 1. The summed E-state index contributed by atoms with van der Waals surface area (Å²) in [5.74, 6) is 1.09. The van der Waals surface area contributed by atoms with Crippen LogP contribution >= 0.6 is 0 Å². The molecule has 5 heteroatoms. The van der Waals surface area contributed by atoms with Gasteiger partial charge in [0.15, 0.2) is 5.82 Å². The largest absolute Gasteiger partial charge is 0.465 e.